The molecule has 0 unspecified atom stereocenters. The lowest BCUT2D eigenvalue weighted by Gasteiger charge is -2.21. The fourth-order valence-electron chi connectivity index (χ4n) is 3.20. The lowest BCUT2D eigenvalue weighted by molar-refractivity contribution is 0.415. The Morgan fingerprint density at radius 3 is 2.26 bits per heavy atom. The maximum atomic E-state index is 5.23. The molecule has 0 aliphatic carbocycles. The summed E-state index contributed by atoms with van der Waals surface area (Å²) in [5.41, 5.74) is 4.68. The minimum Gasteiger partial charge on any atom is -0.497 e. The van der Waals surface area contributed by atoms with Crippen LogP contribution in [0, 0.1) is 0 Å². The Morgan fingerprint density at radius 2 is 1.67 bits per heavy atom. The summed E-state index contributed by atoms with van der Waals surface area (Å²) >= 11 is 0. The summed E-state index contributed by atoms with van der Waals surface area (Å²) in [6.07, 6.45) is 1.90. The Labute approximate surface area is 161 Å². The summed E-state index contributed by atoms with van der Waals surface area (Å²) in [4.78, 5) is 6.88. The molecule has 0 fully saturated rings. The monoisotopic (exact) mass is 364 g/mol. The largest absolute Gasteiger partial charge is 0.497 e. The van der Waals surface area contributed by atoms with Gasteiger partial charge in [0.05, 0.1) is 19.0 Å². The van der Waals surface area contributed by atoms with E-state index in [1.54, 1.807) is 7.11 Å². The zero-order valence-corrected chi connectivity index (χ0v) is 16.6. The van der Waals surface area contributed by atoms with E-state index in [-0.39, 0.29) is 0 Å². The van der Waals surface area contributed by atoms with Crippen molar-refractivity contribution in [1.29, 1.82) is 0 Å². The van der Waals surface area contributed by atoms with Crippen molar-refractivity contribution in [3.63, 3.8) is 0 Å². The maximum Gasteiger partial charge on any atom is 0.203 e. The zero-order valence-electron chi connectivity index (χ0n) is 16.6. The van der Waals surface area contributed by atoms with Gasteiger partial charge in [0, 0.05) is 37.9 Å². The lowest BCUT2D eigenvalue weighted by atomic mass is 10.1. The number of nitrogens with zero attached hydrogens (tertiary/aromatic N) is 3. The van der Waals surface area contributed by atoms with Crippen molar-refractivity contribution in [3.05, 3.63) is 60.3 Å². The van der Waals surface area contributed by atoms with Gasteiger partial charge < -0.3 is 19.5 Å². The van der Waals surface area contributed by atoms with Crippen molar-refractivity contribution in [2.24, 2.45) is 7.05 Å². The van der Waals surface area contributed by atoms with E-state index in [1.165, 1.54) is 11.3 Å². The van der Waals surface area contributed by atoms with Gasteiger partial charge in [-0.1, -0.05) is 12.1 Å². The first-order chi connectivity index (χ1) is 13.2. The van der Waals surface area contributed by atoms with Gasteiger partial charge in [0.25, 0.3) is 0 Å². The van der Waals surface area contributed by atoms with Gasteiger partial charge in [-0.05, 0) is 55.8 Å². The molecule has 0 bridgehead atoms. The van der Waals surface area contributed by atoms with Crippen LogP contribution in [-0.4, -0.2) is 29.8 Å². The van der Waals surface area contributed by atoms with Crippen LogP contribution in [0.3, 0.4) is 0 Å². The standard InChI is InChI=1S/C22H28N4O/c1-5-26(6-2)19-11-7-17(8-12-19)15-23-22-24-16-21(25(22)3)18-9-13-20(27-4)14-10-18/h7-14,16H,5-6,15H2,1-4H3,(H,23,24). The summed E-state index contributed by atoms with van der Waals surface area (Å²) < 4.78 is 7.30. The van der Waals surface area contributed by atoms with E-state index in [2.05, 4.69) is 57.9 Å². The summed E-state index contributed by atoms with van der Waals surface area (Å²) in [7, 11) is 3.70. The molecular formula is C22H28N4O. The number of aromatic nitrogens is 2. The van der Waals surface area contributed by atoms with Crippen LogP contribution in [0.5, 0.6) is 5.75 Å². The van der Waals surface area contributed by atoms with Crippen LogP contribution >= 0.6 is 0 Å². The van der Waals surface area contributed by atoms with E-state index >= 15 is 0 Å². The van der Waals surface area contributed by atoms with Gasteiger partial charge in [-0.25, -0.2) is 4.98 Å². The van der Waals surface area contributed by atoms with Crippen LogP contribution in [0.15, 0.2) is 54.7 Å². The van der Waals surface area contributed by atoms with Crippen molar-refractivity contribution < 1.29 is 4.74 Å². The van der Waals surface area contributed by atoms with E-state index in [0.29, 0.717) is 0 Å². The Morgan fingerprint density at radius 1 is 1.00 bits per heavy atom. The third-order valence-electron chi connectivity index (χ3n) is 4.89. The van der Waals surface area contributed by atoms with Crippen LogP contribution in [0.1, 0.15) is 19.4 Å². The highest BCUT2D eigenvalue weighted by Gasteiger charge is 2.09. The SMILES string of the molecule is CCN(CC)c1ccc(CNc2ncc(-c3ccc(OC)cc3)n2C)cc1. The molecule has 0 aliphatic heterocycles. The first-order valence-electron chi connectivity index (χ1n) is 9.40. The van der Waals surface area contributed by atoms with Crippen LogP contribution in [-0.2, 0) is 13.6 Å². The minimum atomic E-state index is 0.742. The van der Waals surface area contributed by atoms with Crippen molar-refractivity contribution in [3.8, 4) is 17.0 Å². The van der Waals surface area contributed by atoms with Crippen LogP contribution in [0.2, 0.25) is 0 Å². The number of nitrogens with one attached hydrogen (secondary N) is 1. The van der Waals surface area contributed by atoms with E-state index in [9.17, 15) is 0 Å². The predicted molar refractivity (Wildman–Crippen MR) is 113 cm³/mol. The number of ether oxygens (including phenoxy) is 1. The van der Waals surface area contributed by atoms with Gasteiger partial charge in [-0.3, -0.25) is 0 Å². The average molecular weight is 364 g/mol. The van der Waals surface area contributed by atoms with Crippen LogP contribution < -0.4 is 15.0 Å². The van der Waals surface area contributed by atoms with Gasteiger partial charge in [0.15, 0.2) is 0 Å². The topological polar surface area (TPSA) is 42.3 Å². The first kappa shape index (κ1) is 18.8. The molecule has 5 heteroatoms. The number of rotatable bonds is 8. The smallest absolute Gasteiger partial charge is 0.203 e. The molecule has 0 saturated heterocycles. The second-order valence-corrected chi connectivity index (χ2v) is 6.45. The Bertz CT molecular complexity index is 849. The molecule has 1 heterocycles. The average Bonchev–Trinajstić information content (AvgIpc) is 3.09. The Balaban J connectivity index is 1.67. The second-order valence-electron chi connectivity index (χ2n) is 6.45. The van der Waals surface area contributed by atoms with Gasteiger partial charge >= 0.3 is 0 Å². The highest BCUT2D eigenvalue weighted by atomic mass is 16.5. The Kier molecular flexibility index (Phi) is 6.01. The molecule has 0 atom stereocenters. The number of hydrogen-bond acceptors (Lipinski definition) is 4. The van der Waals surface area contributed by atoms with E-state index in [0.717, 1.165) is 42.6 Å². The number of anilines is 2. The van der Waals surface area contributed by atoms with Crippen molar-refractivity contribution in [2.45, 2.75) is 20.4 Å². The normalized spacial score (nSPS) is 10.7. The molecule has 3 rings (SSSR count). The molecule has 1 N–H and O–H groups in total. The summed E-state index contributed by atoms with van der Waals surface area (Å²) in [6.45, 7) is 7.15. The van der Waals surface area contributed by atoms with Crippen LogP contribution in [0.25, 0.3) is 11.3 Å². The number of benzene rings is 2. The van der Waals surface area contributed by atoms with E-state index in [1.807, 2.05) is 37.5 Å². The van der Waals surface area contributed by atoms with E-state index < -0.39 is 0 Å². The molecule has 1 aromatic heterocycles. The summed E-state index contributed by atoms with van der Waals surface area (Å²) in [5.74, 6) is 1.71. The molecular weight excluding hydrogens is 336 g/mol. The minimum absolute atomic E-state index is 0.742. The second kappa shape index (κ2) is 8.62. The fourth-order valence-corrected chi connectivity index (χ4v) is 3.20. The predicted octanol–water partition coefficient (Wildman–Crippen LogP) is 4.55. The number of methoxy groups -OCH3 is 1. The zero-order chi connectivity index (χ0) is 19.2. The number of hydrogen-bond donors (Lipinski definition) is 1. The molecule has 27 heavy (non-hydrogen) atoms. The van der Waals surface area contributed by atoms with Gasteiger partial charge in [-0.2, -0.15) is 0 Å². The van der Waals surface area contributed by atoms with Gasteiger partial charge in [0.1, 0.15) is 5.75 Å². The van der Waals surface area contributed by atoms with Crippen molar-refractivity contribution >= 4 is 11.6 Å². The molecule has 0 aliphatic rings. The van der Waals surface area contributed by atoms with Crippen molar-refractivity contribution in [1.82, 2.24) is 9.55 Å². The molecule has 0 amide bonds. The fraction of sp³-hybridized carbons (Fsp3) is 0.318. The third-order valence-corrected chi connectivity index (χ3v) is 4.89. The highest BCUT2D eigenvalue weighted by Crippen LogP contribution is 2.24. The lowest BCUT2D eigenvalue weighted by Crippen LogP contribution is -2.21. The molecule has 142 valence electrons. The van der Waals surface area contributed by atoms with E-state index in [4.69, 9.17) is 4.74 Å². The maximum absolute atomic E-state index is 5.23. The summed E-state index contributed by atoms with van der Waals surface area (Å²) in [5, 5.41) is 3.43. The molecule has 5 nitrogen and oxygen atoms in total. The quantitative estimate of drug-likeness (QED) is 0.636. The molecule has 2 aromatic carbocycles. The molecule has 3 aromatic rings. The van der Waals surface area contributed by atoms with Gasteiger partial charge in [0.2, 0.25) is 5.95 Å². The molecule has 0 radical (unpaired) electrons. The Hall–Kier alpha value is -2.95. The van der Waals surface area contributed by atoms with Crippen LogP contribution in [0.4, 0.5) is 11.6 Å². The number of imidazole rings is 1. The van der Waals surface area contributed by atoms with Crippen molar-refractivity contribution in [2.75, 3.05) is 30.4 Å². The van der Waals surface area contributed by atoms with Gasteiger partial charge in [-0.15, -0.1) is 0 Å². The molecule has 0 saturated carbocycles. The third kappa shape index (κ3) is 4.25. The highest BCUT2D eigenvalue weighted by molar-refractivity contribution is 5.62. The summed E-state index contributed by atoms with van der Waals surface area (Å²) in [6, 6.07) is 16.7. The first-order valence-corrected chi connectivity index (χ1v) is 9.40. The molecule has 0 spiro atoms.